The van der Waals surface area contributed by atoms with E-state index in [1.54, 1.807) is 0 Å². The number of ether oxygens (including phenoxy) is 2. The number of sulfone groups is 1. The third-order valence-electron chi connectivity index (χ3n) is 2.77. The van der Waals surface area contributed by atoms with Crippen LogP contribution in [0.4, 0.5) is 0 Å². The first-order valence-electron chi connectivity index (χ1n) is 5.45. The van der Waals surface area contributed by atoms with Gasteiger partial charge in [0.25, 0.3) is 0 Å². The first kappa shape index (κ1) is 15.6. The van der Waals surface area contributed by atoms with Gasteiger partial charge in [0.1, 0.15) is 5.69 Å². The lowest BCUT2D eigenvalue weighted by molar-refractivity contribution is 0.348. The highest BCUT2D eigenvalue weighted by Gasteiger charge is 2.30. The molecule has 9 heteroatoms. The van der Waals surface area contributed by atoms with Crippen molar-refractivity contribution in [3.05, 3.63) is 11.9 Å². The summed E-state index contributed by atoms with van der Waals surface area (Å²) in [6.07, 6.45) is 2.50. The van der Waals surface area contributed by atoms with E-state index in [9.17, 15) is 8.42 Å². The molecule has 19 heavy (non-hydrogen) atoms. The molecule has 1 aromatic rings. The van der Waals surface area contributed by atoms with Gasteiger partial charge in [-0.2, -0.15) is 4.98 Å². The molecule has 0 aliphatic carbocycles. The molecule has 0 spiro atoms. The fourth-order valence-corrected chi connectivity index (χ4v) is 2.21. The SMILES string of the molecule is COc1cnc(C(NN)C(C)S(C)(=O)=O)c(OC)n1. The van der Waals surface area contributed by atoms with Crippen molar-refractivity contribution in [2.24, 2.45) is 5.84 Å². The Morgan fingerprint density at radius 2 is 2.00 bits per heavy atom. The molecule has 0 amide bonds. The van der Waals surface area contributed by atoms with Gasteiger partial charge < -0.3 is 9.47 Å². The quantitative estimate of drug-likeness (QED) is 0.528. The van der Waals surface area contributed by atoms with Gasteiger partial charge in [-0.3, -0.25) is 5.84 Å². The molecule has 0 fully saturated rings. The lowest BCUT2D eigenvalue weighted by Gasteiger charge is -2.22. The zero-order valence-electron chi connectivity index (χ0n) is 11.2. The maximum atomic E-state index is 11.6. The van der Waals surface area contributed by atoms with Gasteiger partial charge >= 0.3 is 0 Å². The molecular formula is C10H18N4O4S. The van der Waals surface area contributed by atoms with Crippen molar-refractivity contribution in [1.82, 2.24) is 15.4 Å². The van der Waals surface area contributed by atoms with Gasteiger partial charge in [0.05, 0.1) is 31.7 Å². The second kappa shape index (κ2) is 6.13. The number of nitrogens with one attached hydrogen (secondary N) is 1. The monoisotopic (exact) mass is 290 g/mol. The Balaban J connectivity index is 3.25. The van der Waals surface area contributed by atoms with E-state index in [4.69, 9.17) is 15.3 Å². The van der Waals surface area contributed by atoms with Gasteiger partial charge in [0.2, 0.25) is 11.8 Å². The van der Waals surface area contributed by atoms with Gasteiger partial charge in [-0.25, -0.2) is 18.8 Å². The average Bonchev–Trinajstić information content (AvgIpc) is 2.38. The maximum Gasteiger partial charge on any atom is 0.240 e. The minimum Gasteiger partial charge on any atom is -0.480 e. The molecule has 3 N–H and O–H groups in total. The summed E-state index contributed by atoms with van der Waals surface area (Å²) >= 11 is 0. The van der Waals surface area contributed by atoms with Crippen LogP contribution in [0.5, 0.6) is 11.8 Å². The number of hydrogen-bond donors (Lipinski definition) is 2. The molecule has 2 unspecified atom stereocenters. The molecule has 0 bridgehead atoms. The summed E-state index contributed by atoms with van der Waals surface area (Å²) in [6.45, 7) is 1.53. The first-order chi connectivity index (χ1) is 8.85. The fraction of sp³-hybridized carbons (Fsp3) is 0.600. The van der Waals surface area contributed by atoms with E-state index in [1.165, 1.54) is 27.3 Å². The highest BCUT2D eigenvalue weighted by Crippen LogP contribution is 2.27. The van der Waals surface area contributed by atoms with Crippen LogP contribution in [0.2, 0.25) is 0 Å². The third-order valence-corrected chi connectivity index (χ3v) is 4.39. The number of hydrazine groups is 1. The van der Waals surface area contributed by atoms with Gasteiger partial charge in [0, 0.05) is 6.26 Å². The van der Waals surface area contributed by atoms with Gasteiger partial charge in [-0.05, 0) is 6.92 Å². The van der Waals surface area contributed by atoms with Crippen molar-refractivity contribution in [3.63, 3.8) is 0 Å². The molecule has 0 aliphatic heterocycles. The van der Waals surface area contributed by atoms with Crippen LogP contribution in [-0.2, 0) is 9.84 Å². The Morgan fingerprint density at radius 3 is 2.42 bits per heavy atom. The van der Waals surface area contributed by atoms with Crippen molar-refractivity contribution < 1.29 is 17.9 Å². The van der Waals surface area contributed by atoms with Gasteiger partial charge in [-0.15, -0.1) is 0 Å². The van der Waals surface area contributed by atoms with Crippen LogP contribution in [0.1, 0.15) is 18.7 Å². The minimum absolute atomic E-state index is 0.165. The van der Waals surface area contributed by atoms with Crippen LogP contribution in [0.15, 0.2) is 6.20 Å². The van der Waals surface area contributed by atoms with Crippen LogP contribution in [0.25, 0.3) is 0 Å². The fourth-order valence-electron chi connectivity index (χ4n) is 1.51. The highest BCUT2D eigenvalue weighted by atomic mass is 32.2. The van der Waals surface area contributed by atoms with Crippen molar-refractivity contribution in [2.75, 3.05) is 20.5 Å². The molecule has 0 aromatic carbocycles. The number of rotatable bonds is 6. The van der Waals surface area contributed by atoms with Crippen LogP contribution in [0.3, 0.4) is 0 Å². The molecule has 1 heterocycles. The van der Waals surface area contributed by atoms with E-state index in [0.717, 1.165) is 6.26 Å². The van der Waals surface area contributed by atoms with E-state index in [-0.39, 0.29) is 11.8 Å². The Bertz CT molecular complexity index is 534. The Labute approximate surface area is 112 Å². The molecule has 0 aliphatic rings. The van der Waals surface area contributed by atoms with Crippen LogP contribution in [-0.4, -0.2) is 44.1 Å². The Morgan fingerprint density at radius 1 is 1.37 bits per heavy atom. The van der Waals surface area contributed by atoms with Crippen LogP contribution < -0.4 is 20.7 Å². The summed E-state index contributed by atoms with van der Waals surface area (Å²) in [5.74, 6) is 5.86. The second-order valence-corrected chi connectivity index (χ2v) is 6.39. The number of nitrogens with zero attached hydrogens (tertiary/aromatic N) is 2. The lowest BCUT2D eigenvalue weighted by atomic mass is 10.1. The molecule has 108 valence electrons. The van der Waals surface area contributed by atoms with Crippen molar-refractivity contribution in [3.8, 4) is 11.8 Å². The largest absolute Gasteiger partial charge is 0.480 e. The lowest BCUT2D eigenvalue weighted by Crippen LogP contribution is -2.39. The zero-order valence-corrected chi connectivity index (χ0v) is 12.1. The number of methoxy groups -OCH3 is 2. The third kappa shape index (κ3) is 3.52. The van der Waals surface area contributed by atoms with Gasteiger partial charge in [-0.1, -0.05) is 0 Å². The topological polar surface area (TPSA) is 116 Å². The standard InChI is InChI=1S/C10H18N4O4S/c1-6(19(4,15)16)8(14-11)9-10(18-3)13-7(17-2)5-12-9/h5-6,8,14H,11H2,1-4H3. The summed E-state index contributed by atoms with van der Waals surface area (Å²) in [6, 6.07) is -0.733. The summed E-state index contributed by atoms with van der Waals surface area (Å²) in [4.78, 5) is 8.15. The predicted octanol–water partition coefficient (Wildman–Crippen LogP) is -0.569. The van der Waals surface area contributed by atoms with E-state index in [0.29, 0.717) is 5.69 Å². The average molecular weight is 290 g/mol. The number of hydrogen-bond acceptors (Lipinski definition) is 8. The normalized spacial score (nSPS) is 14.8. The molecule has 0 radical (unpaired) electrons. The molecule has 1 aromatic heterocycles. The minimum atomic E-state index is -3.30. The Kier molecular flexibility index (Phi) is 5.04. The summed E-state index contributed by atoms with van der Waals surface area (Å²) < 4.78 is 33.3. The number of aromatic nitrogens is 2. The molecule has 2 atom stereocenters. The number of nitrogens with two attached hydrogens (primary N) is 1. The first-order valence-corrected chi connectivity index (χ1v) is 7.40. The van der Waals surface area contributed by atoms with Crippen molar-refractivity contribution in [1.29, 1.82) is 0 Å². The molecule has 0 saturated carbocycles. The maximum absolute atomic E-state index is 11.6. The van der Waals surface area contributed by atoms with Crippen molar-refractivity contribution in [2.45, 2.75) is 18.2 Å². The molecule has 0 saturated heterocycles. The van der Waals surface area contributed by atoms with Crippen LogP contribution in [0, 0.1) is 0 Å². The summed E-state index contributed by atoms with van der Waals surface area (Å²) in [7, 11) is -0.446. The smallest absolute Gasteiger partial charge is 0.240 e. The molecule has 8 nitrogen and oxygen atoms in total. The second-order valence-electron chi connectivity index (χ2n) is 3.99. The predicted molar refractivity (Wildman–Crippen MR) is 69.5 cm³/mol. The van der Waals surface area contributed by atoms with Crippen LogP contribution >= 0.6 is 0 Å². The molecule has 1 rings (SSSR count). The van der Waals surface area contributed by atoms with E-state index < -0.39 is 21.1 Å². The Hall–Kier alpha value is -1.45. The highest BCUT2D eigenvalue weighted by molar-refractivity contribution is 7.91. The van der Waals surface area contributed by atoms with E-state index in [2.05, 4.69) is 15.4 Å². The zero-order chi connectivity index (χ0) is 14.6. The van der Waals surface area contributed by atoms with Gasteiger partial charge in [0.15, 0.2) is 9.84 Å². The summed E-state index contributed by atoms with van der Waals surface area (Å²) in [5, 5.41) is -0.783. The van der Waals surface area contributed by atoms with E-state index in [1.807, 2.05) is 0 Å². The van der Waals surface area contributed by atoms with Crippen molar-refractivity contribution >= 4 is 9.84 Å². The molecular weight excluding hydrogens is 272 g/mol. The summed E-state index contributed by atoms with van der Waals surface area (Å²) in [5.41, 5.74) is 2.74. The van der Waals surface area contributed by atoms with E-state index >= 15 is 0 Å².